The van der Waals surface area contributed by atoms with Crippen LogP contribution in [0.1, 0.15) is 52.6 Å². The topological polar surface area (TPSA) is 108 Å². The van der Waals surface area contributed by atoms with Crippen LogP contribution in [0.5, 0.6) is 0 Å². The molecule has 0 bridgehead atoms. The SMILES string of the molecule is CCNC(=NCC(C)(O)c1ccc(C)o1)NCCCNC(=O)OC(C)(C)C.I. The number of hydrogen-bond acceptors (Lipinski definition) is 5. The average Bonchev–Trinajstić information content (AvgIpc) is 2.98. The van der Waals surface area contributed by atoms with E-state index in [9.17, 15) is 9.90 Å². The number of amides is 1. The van der Waals surface area contributed by atoms with E-state index in [2.05, 4.69) is 20.9 Å². The number of nitrogens with zero attached hydrogens (tertiary/aromatic N) is 1. The highest BCUT2D eigenvalue weighted by atomic mass is 127. The Kier molecular flexibility index (Phi) is 11.5. The van der Waals surface area contributed by atoms with Gasteiger partial charge in [-0.05, 0) is 60.1 Å². The molecule has 1 heterocycles. The van der Waals surface area contributed by atoms with Crippen LogP contribution in [0, 0.1) is 6.92 Å². The highest BCUT2D eigenvalue weighted by molar-refractivity contribution is 14.0. The molecule has 28 heavy (non-hydrogen) atoms. The Labute approximate surface area is 184 Å². The molecule has 0 aliphatic rings. The molecule has 0 spiro atoms. The molecule has 1 amide bonds. The van der Waals surface area contributed by atoms with Gasteiger partial charge in [-0.2, -0.15) is 0 Å². The van der Waals surface area contributed by atoms with Gasteiger partial charge in [0, 0.05) is 19.6 Å². The summed E-state index contributed by atoms with van der Waals surface area (Å²) in [6.07, 6.45) is 0.283. The number of carbonyl (C=O) groups is 1. The lowest BCUT2D eigenvalue weighted by Crippen LogP contribution is -2.40. The number of ether oxygens (including phenoxy) is 1. The van der Waals surface area contributed by atoms with Gasteiger partial charge < -0.3 is 30.2 Å². The normalized spacial score (nSPS) is 13.9. The summed E-state index contributed by atoms with van der Waals surface area (Å²) in [5.41, 5.74) is -1.69. The lowest BCUT2D eigenvalue weighted by atomic mass is 10.0. The van der Waals surface area contributed by atoms with Crippen LogP contribution in [0.2, 0.25) is 0 Å². The van der Waals surface area contributed by atoms with Crippen molar-refractivity contribution in [3.63, 3.8) is 0 Å². The van der Waals surface area contributed by atoms with Gasteiger partial charge in [-0.1, -0.05) is 0 Å². The number of guanidine groups is 1. The Bertz CT molecular complexity index is 624. The molecular formula is C19H35IN4O4. The summed E-state index contributed by atoms with van der Waals surface area (Å²) in [5, 5.41) is 19.6. The molecular weight excluding hydrogens is 475 g/mol. The lowest BCUT2D eigenvalue weighted by Gasteiger charge is -2.20. The number of aryl methyl sites for hydroxylation is 1. The van der Waals surface area contributed by atoms with Crippen molar-refractivity contribution in [1.29, 1.82) is 0 Å². The Morgan fingerprint density at radius 2 is 1.82 bits per heavy atom. The van der Waals surface area contributed by atoms with Crippen molar-refractivity contribution >= 4 is 36.0 Å². The van der Waals surface area contributed by atoms with Crippen LogP contribution in [-0.2, 0) is 10.3 Å². The molecule has 0 saturated carbocycles. The molecule has 1 aromatic heterocycles. The van der Waals surface area contributed by atoms with E-state index in [0.717, 1.165) is 5.76 Å². The summed E-state index contributed by atoms with van der Waals surface area (Å²) in [5.74, 6) is 1.83. The number of nitrogens with one attached hydrogen (secondary N) is 3. The van der Waals surface area contributed by atoms with Gasteiger partial charge >= 0.3 is 6.09 Å². The molecule has 0 fully saturated rings. The first kappa shape index (κ1) is 26.5. The van der Waals surface area contributed by atoms with E-state index in [4.69, 9.17) is 9.15 Å². The van der Waals surface area contributed by atoms with Crippen LogP contribution in [-0.4, -0.2) is 48.9 Å². The van der Waals surface area contributed by atoms with Gasteiger partial charge in [-0.25, -0.2) is 9.79 Å². The third-order valence-corrected chi connectivity index (χ3v) is 3.47. The second-order valence-electron chi connectivity index (χ2n) is 7.59. The van der Waals surface area contributed by atoms with Crippen molar-refractivity contribution < 1.29 is 19.1 Å². The minimum Gasteiger partial charge on any atom is -0.463 e. The molecule has 0 aromatic carbocycles. The van der Waals surface area contributed by atoms with E-state index in [1.807, 2.05) is 40.7 Å². The summed E-state index contributed by atoms with van der Waals surface area (Å²) >= 11 is 0. The van der Waals surface area contributed by atoms with Gasteiger partial charge in [0.05, 0.1) is 6.54 Å². The molecule has 1 aromatic rings. The second-order valence-corrected chi connectivity index (χ2v) is 7.59. The maximum absolute atomic E-state index is 11.6. The summed E-state index contributed by atoms with van der Waals surface area (Å²) < 4.78 is 10.7. The Hall–Kier alpha value is -1.49. The van der Waals surface area contributed by atoms with E-state index < -0.39 is 17.3 Å². The van der Waals surface area contributed by atoms with E-state index in [1.54, 1.807) is 13.0 Å². The van der Waals surface area contributed by atoms with Crippen molar-refractivity contribution in [2.45, 2.75) is 59.2 Å². The quantitative estimate of drug-likeness (QED) is 0.186. The number of aliphatic imine (C=N–C) groups is 1. The molecule has 1 unspecified atom stereocenters. The van der Waals surface area contributed by atoms with Crippen LogP contribution in [0.25, 0.3) is 0 Å². The van der Waals surface area contributed by atoms with Crippen molar-refractivity contribution in [2.75, 3.05) is 26.2 Å². The van der Waals surface area contributed by atoms with Crippen LogP contribution in [0.15, 0.2) is 21.5 Å². The molecule has 1 rings (SSSR count). The van der Waals surface area contributed by atoms with Crippen molar-refractivity contribution in [3.8, 4) is 0 Å². The minimum atomic E-state index is -1.19. The highest BCUT2D eigenvalue weighted by Crippen LogP contribution is 2.22. The van der Waals surface area contributed by atoms with E-state index in [-0.39, 0.29) is 30.5 Å². The van der Waals surface area contributed by atoms with Crippen molar-refractivity contribution in [3.05, 3.63) is 23.7 Å². The first-order valence-electron chi connectivity index (χ1n) is 9.32. The molecule has 8 nitrogen and oxygen atoms in total. The zero-order valence-electron chi connectivity index (χ0n) is 17.7. The Morgan fingerprint density at radius 1 is 1.18 bits per heavy atom. The van der Waals surface area contributed by atoms with Crippen LogP contribution in [0.4, 0.5) is 4.79 Å². The number of aliphatic hydroxyl groups is 1. The lowest BCUT2D eigenvalue weighted by molar-refractivity contribution is 0.0428. The molecule has 0 saturated heterocycles. The van der Waals surface area contributed by atoms with E-state index >= 15 is 0 Å². The maximum Gasteiger partial charge on any atom is 0.407 e. The van der Waals surface area contributed by atoms with Crippen LogP contribution >= 0.6 is 24.0 Å². The average molecular weight is 510 g/mol. The second kappa shape index (κ2) is 12.2. The van der Waals surface area contributed by atoms with Gasteiger partial charge in [0.1, 0.15) is 22.7 Å². The first-order valence-corrected chi connectivity index (χ1v) is 9.32. The van der Waals surface area contributed by atoms with Crippen molar-refractivity contribution in [2.24, 2.45) is 4.99 Å². The predicted molar refractivity (Wildman–Crippen MR) is 121 cm³/mol. The fourth-order valence-electron chi connectivity index (χ4n) is 2.18. The first-order chi connectivity index (χ1) is 12.5. The highest BCUT2D eigenvalue weighted by Gasteiger charge is 2.26. The summed E-state index contributed by atoms with van der Waals surface area (Å²) in [7, 11) is 0. The van der Waals surface area contributed by atoms with E-state index in [1.165, 1.54) is 0 Å². The summed E-state index contributed by atoms with van der Waals surface area (Å²) in [6.45, 7) is 12.9. The standard InChI is InChI=1S/C19H34N4O4.HI/c1-7-20-16(21-11-8-12-22-17(24)27-18(3,4)5)23-13-19(6,25)15-10-9-14(2)26-15;/h9-10,25H,7-8,11-13H2,1-6H3,(H,22,24)(H2,20,21,23);1H. The van der Waals surface area contributed by atoms with Gasteiger partial charge in [0.25, 0.3) is 0 Å². The van der Waals surface area contributed by atoms with Gasteiger partial charge in [-0.3, -0.25) is 0 Å². The Morgan fingerprint density at radius 3 is 2.36 bits per heavy atom. The molecule has 9 heteroatoms. The third kappa shape index (κ3) is 10.7. The molecule has 0 aliphatic heterocycles. The van der Waals surface area contributed by atoms with Gasteiger partial charge in [-0.15, -0.1) is 24.0 Å². The molecule has 0 radical (unpaired) electrons. The number of hydrogen-bond donors (Lipinski definition) is 4. The van der Waals surface area contributed by atoms with Gasteiger partial charge in [0.2, 0.25) is 0 Å². The Balaban J connectivity index is 0.00000729. The number of alkyl carbamates (subject to hydrolysis) is 1. The zero-order valence-corrected chi connectivity index (χ0v) is 20.0. The molecule has 4 N–H and O–H groups in total. The van der Waals surface area contributed by atoms with E-state index in [0.29, 0.717) is 37.8 Å². The smallest absolute Gasteiger partial charge is 0.407 e. The maximum atomic E-state index is 11.6. The summed E-state index contributed by atoms with van der Waals surface area (Å²) in [4.78, 5) is 16.0. The largest absolute Gasteiger partial charge is 0.463 e. The number of halogens is 1. The molecule has 1 atom stereocenters. The predicted octanol–water partition coefficient (Wildman–Crippen LogP) is 2.88. The van der Waals surface area contributed by atoms with Crippen LogP contribution < -0.4 is 16.0 Å². The van der Waals surface area contributed by atoms with Crippen LogP contribution in [0.3, 0.4) is 0 Å². The number of rotatable bonds is 8. The van der Waals surface area contributed by atoms with Gasteiger partial charge in [0.15, 0.2) is 5.96 Å². The fourth-order valence-corrected chi connectivity index (χ4v) is 2.18. The molecule has 0 aliphatic carbocycles. The monoisotopic (exact) mass is 510 g/mol. The summed E-state index contributed by atoms with van der Waals surface area (Å²) in [6, 6.07) is 3.57. The molecule has 162 valence electrons. The number of carbonyl (C=O) groups excluding carboxylic acids is 1. The minimum absolute atomic E-state index is 0. The van der Waals surface area contributed by atoms with Crippen molar-refractivity contribution in [1.82, 2.24) is 16.0 Å². The fraction of sp³-hybridized carbons (Fsp3) is 0.684. The third-order valence-electron chi connectivity index (χ3n) is 3.47. The zero-order chi connectivity index (χ0) is 20.5. The number of furan rings is 1.